The van der Waals surface area contributed by atoms with E-state index in [9.17, 15) is 0 Å². The van der Waals surface area contributed by atoms with Crippen molar-refractivity contribution in [1.82, 2.24) is 15.1 Å². The van der Waals surface area contributed by atoms with E-state index in [1.807, 2.05) is 13.0 Å². The van der Waals surface area contributed by atoms with Crippen molar-refractivity contribution in [2.75, 3.05) is 13.2 Å². The quantitative estimate of drug-likeness (QED) is 0.663. The largest absolute Gasteiger partial charge is 0.469 e. The Balaban J connectivity index is 2.13. The van der Waals surface area contributed by atoms with E-state index in [4.69, 9.17) is 4.74 Å². The van der Waals surface area contributed by atoms with Gasteiger partial charge in [-0.05, 0) is 38.4 Å². The van der Waals surface area contributed by atoms with Crippen LogP contribution in [-0.4, -0.2) is 28.2 Å². The van der Waals surface area contributed by atoms with Gasteiger partial charge in [0.05, 0.1) is 13.2 Å². The lowest BCUT2D eigenvalue weighted by molar-refractivity contribution is 0.200. The molecule has 1 atom stereocenters. The molecule has 6 heteroatoms. The minimum absolute atomic E-state index is 0.315. The van der Waals surface area contributed by atoms with E-state index in [0.29, 0.717) is 17.8 Å². The molecule has 120 valence electrons. The fraction of sp³-hybridized carbons (Fsp3) is 0.500. The molecular formula is C16H22BrN3OS. The molecule has 0 aliphatic heterocycles. The van der Waals surface area contributed by atoms with Crippen molar-refractivity contribution in [3.8, 4) is 5.19 Å². The maximum absolute atomic E-state index is 5.41. The van der Waals surface area contributed by atoms with Gasteiger partial charge in [0.15, 0.2) is 0 Å². The molecule has 4 nitrogen and oxygen atoms in total. The maximum atomic E-state index is 5.41. The van der Waals surface area contributed by atoms with Gasteiger partial charge < -0.3 is 4.74 Å². The highest BCUT2D eigenvalue weighted by Crippen LogP contribution is 2.29. The van der Waals surface area contributed by atoms with Gasteiger partial charge in [0, 0.05) is 10.5 Å². The summed E-state index contributed by atoms with van der Waals surface area (Å²) in [5.41, 5.74) is 1.30. The van der Waals surface area contributed by atoms with Gasteiger partial charge in [-0.2, -0.15) is 0 Å². The Hall–Kier alpha value is -0.980. The third-order valence-electron chi connectivity index (χ3n) is 3.47. The molecule has 0 spiro atoms. The molecule has 0 aliphatic rings. The number of benzene rings is 1. The second-order valence-corrected chi connectivity index (χ2v) is 6.94. The van der Waals surface area contributed by atoms with Gasteiger partial charge in [0.1, 0.15) is 5.01 Å². The van der Waals surface area contributed by atoms with Gasteiger partial charge in [-0.15, -0.1) is 10.2 Å². The molecule has 0 aliphatic carbocycles. The maximum Gasteiger partial charge on any atom is 0.294 e. The molecule has 1 heterocycles. The third kappa shape index (κ3) is 4.51. The van der Waals surface area contributed by atoms with Gasteiger partial charge in [0.2, 0.25) is 0 Å². The van der Waals surface area contributed by atoms with Gasteiger partial charge in [0.25, 0.3) is 5.19 Å². The van der Waals surface area contributed by atoms with Gasteiger partial charge >= 0.3 is 0 Å². The Labute approximate surface area is 144 Å². The van der Waals surface area contributed by atoms with E-state index in [1.165, 1.54) is 16.9 Å². The summed E-state index contributed by atoms with van der Waals surface area (Å²) in [6.07, 6.45) is 1.10. The van der Waals surface area contributed by atoms with Crippen molar-refractivity contribution in [3.05, 3.63) is 39.3 Å². The van der Waals surface area contributed by atoms with Crippen LogP contribution in [0.1, 0.15) is 43.8 Å². The first-order chi connectivity index (χ1) is 10.7. The minimum Gasteiger partial charge on any atom is -0.469 e. The van der Waals surface area contributed by atoms with E-state index in [0.717, 1.165) is 29.0 Å². The second kappa shape index (κ2) is 8.60. The van der Waals surface area contributed by atoms with Crippen LogP contribution in [-0.2, 0) is 6.54 Å². The van der Waals surface area contributed by atoms with Gasteiger partial charge in [-0.1, -0.05) is 52.4 Å². The molecule has 22 heavy (non-hydrogen) atoms. The highest BCUT2D eigenvalue weighted by molar-refractivity contribution is 9.10. The summed E-state index contributed by atoms with van der Waals surface area (Å²) < 4.78 is 6.56. The van der Waals surface area contributed by atoms with Crippen LogP contribution in [0.4, 0.5) is 0 Å². The first-order valence-corrected chi connectivity index (χ1v) is 9.20. The first kappa shape index (κ1) is 17.4. The van der Waals surface area contributed by atoms with Crippen LogP contribution in [0.25, 0.3) is 0 Å². The lowest BCUT2D eigenvalue weighted by atomic mass is 10.1. The number of ether oxygens (including phenoxy) is 1. The van der Waals surface area contributed by atoms with Crippen LogP contribution < -0.4 is 4.74 Å². The third-order valence-corrected chi connectivity index (χ3v) is 5.01. The molecule has 0 radical (unpaired) electrons. The average Bonchev–Trinajstić information content (AvgIpc) is 2.94. The zero-order chi connectivity index (χ0) is 15.9. The molecule has 1 aromatic heterocycles. The number of halogens is 1. The summed E-state index contributed by atoms with van der Waals surface area (Å²) in [7, 11) is 0. The molecule has 0 amide bonds. The molecule has 2 aromatic rings. The Bertz CT molecular complexity index is 590. The predicted molar refractivity (Wildman–Crippen MR) is 94.3 cm³/mol. The summed E-state index contributed by atoms with van der Waals surface area (Å²) >= 11 is 5.18. The Morgan fingerprint density at radius 2 is 2.05 bits per heavy atom. The number of aromatic nitrogens is 2. The van der Waals surface area contributed by atoms with E-state index >= 15 is 0 Å². The SMILES string of the molecule is CCCN(Cc1nnc(OCC)s1)C(C)c1ccccc1Br. The lowest BCUT2D eigenvalue weighted by Crippen LogP contribution is -2.27. The molecule has 1 unspecified atom stereocenters. The van der Waals surface area contributed by atoms with E-state index in [2.05, 4.69) is 63.1 Å². The Morgan fingerprint density at radius 3 is 2.73 bits per heavy atom. The average molecular weight is 384 g/mol. The van der Waals surface area contributed by atoms with Crippen molar-refractivity contribution in [2.45, 2.75) is 39.8 Å². The zero-order valence-corrected chi connectivity index (χ0v) is 15.7. The summed E-state index contributed by atoms with van der Waals surface area (Å²) in [5.74, 6) is 0. The molecule has 0 bridgehead atoms. The normalized spacial score (nSPS) is 12.6. The van der Waals surface area contributed by atoms with Crippen molar-refractivity contribution in [3.63, 3.8) is 0 Å². The van der Waals surface area contributed by atoms with Crippen LogP contribution in [0.5, 0.6) is 5.19 Å². The van der Waals surface area contributed by atoms with Crippen molar-refractivity contribution >= 4 is 27.3 Å². The van der Waals surface area contributed by atoms with E-state index < -0.39 is 0 Å². The number of hydrogen-bond donors (Lipinski definition) is 0. The molecule has 0 saturated heterocycles. The zero-order valence-electron chi connectivity index (χ0n) is 13.3. The van der Waals surface area contributed by atoms with Gasteiger partial charge in [-0.25, -0.2) is 0 Å². The molecule has 0 saturated carbocycles. The molecule has 1 aromatic carbocycles. The first-order valence-electron chi connectivity index (χ1n) is 7.59. The molecule has 2 rings (SSSR count). The van der Waals surface area contributed by atoms with Crippen LogP contribution in [0.2, 0.25) is 0 Å². The highest BCUT2D eigenvalue weighted by atomic mass is 79.9. The highest BCUT2D eigenvalue weighted by Gasteiger charge is 2.19. The molecule has 0 N–H and O–H groups in total. The summed E-state index contributed by atoms with van der Waals surface area (Å²) in [6, 6.07) is 8.70. The van der Waals surface area contributed by atoms with E-state index in [1.54, 1.807) is 0 Å². The minimum atomic E-state index is 0.315. The van der Waals surface area contributed by atoms with Crippen molar-refractivity contribution < 1.29 is 4.74 Å². The fourth-order valence-corrected chi connectivity index (χ4v) is 3.75. The van der Waals surface area contributed by atoms with E-state index in [-0.39, 0.29) is 0 Å². The summed E-state index contributed by atoms with van der Waals surface area (Å²) in [6.45, 7) is 8.83. The Morgan fingerprint density at radius 1 is 1.27 bits per heavy atom. The predicted octanol–water partition coefficient (Wildman–Crippen LogP) is 4.67. The topological polar surface area (TPSA) is 38.2 Å². The molecular weight excluding hydrogens is 362 g/mol. The van der Waals surface area contributed by atoms with Gasteiger partial charge in [-0.3, -0.25) is 4.90 Å². The number of nitrogens with zero attached hydrogens (tertiary/aromatic N) is 3. The smallest absolute Gasteiger partial charge is 0.294 e. The van der Waals surface area contributed by atoms with Crippen molar-refractivity contribution in [1.29, 1.82) is 0 Å². The van der Waals surface area contributed by atoms with Crippen LogP contribution in [0, 0.1) is 0 Å². The second-order valence-electron chi connectivity index (χ2n) is 5.06. The van der Waals surface area contributed by atoms with Crippen LogP contribution >= 0.6 is 27.3 Å². The summed E-state index contributed by atoms with van der Waals surface area (Å²) in [5, 5.41) is 9.98. The lowest BCUT2D eigenvalue weighted by Gasteiger charge is -2.28. The Kier molecular flexibility index (Phi) is 6.79. The molecule has 0 fully saturated rings. The number of rotatable bonds is 8. The monoisotopic (exact) mass is 383 g/mol. The van der Waals surface area contributed by atoms with Crippen LogP contribution in [0.15, 0.2) is 28.7 Å². The number of hydrogen-bond acceptors (Lipinski definition) is 5. The van der Waals surface area contributed by atoms with Crippen LogP contribution in [0.3, 0.4) is 0 Å². The summed E-state index contributed by atoms with van der Waals surface area (Å²) in [4.78, 5) is 2.43. The van der Waals surface area contributed by atoms with Crippen molar-refractivity contribution in [2.24, 2.45) is 0 Å². The standard InChI is InChI=1S/C16H22BrN3OS/c1-4-10-20(11-15-18-19-16(22-15)21-5-2)12(3)13-8-6-7-9-14(13)17/h6-9,12H,4-5,10-11H2,1-3H3. The fourth-order valence-electron chi connectivity index (χ4n) is 2.37.